The van der Waals surface area contributed by atoms with Gasteiger partial charge in [-0.1, -0.05) is 30.1 Å². The van der Waals surface area contributed by atoms with Crippen LogP contribution in [-0.2, 0) is 4.79 Å². The molecule has 2 nitrogen and oxygen atoms in total. The van der Waals surface area contributed by atoms with E-state index in [0.717, 1.165) is 0 Å². The maximum absolute atomic E-state index is 13.0. The van der Waals surface area contributed by atoms with Gasteiger partial charge in [-0.15, -0.1) is 0 Å². The minimum atomic E-state index is -2.82. The summed E-state index contributed by atoms with van der Waals surface area (Å²) >= 11 is 9.81. The van der Waals surface area contributed by atoms with Gasteiger partial charge in [-0.2, -0.15) is 0 Å². The van der Waals surface area contributed by atoms with E-state index in [2.05, 4.69) is 0 Å². The molecule has 0 aliphatic rings. The summed E-state index contributed by atoms with van der Waals surface area (Å²) < 4.78 is 25.2. The van der Waals surface area contributed by atoms with Crippen LogP contribution in [-0.4, -0.2) is 21.8 Å². The summed E-state index contributed by atoms with van der Waals surface area (Å²) in [7, 11) is 0. The molecule has 6 heteroatoms. The molecule has 0 aromatic carbocycles. The Morgan fingerprint density at radius 1 is 1.75 bits per heavy atom. The fourth-order valence-corrected chi connectivity index (χ4v) is 0.905. The summed E-state index contributed by atoms with van der Waals surface area (Å²) in [6.45, 7) is 1.18. The van der Waals surface area contributed by atoms with Crippen LogP contribution in [0.15, 0.2) is 0 Å². The van der Waals surface area contributed by atoms with Crippen molar-refractivity contribution in [3.63, 3.8) is 0 Å². The normalized spacial score (nSPS) is 21.1. The Morgan fingerprint density at radius 3 is 2.42 bits per heavy atom. The highest BCUT2D eigenvalue weighted by atomic mass is 35.5. The lowest BCUT2D eigenvalue weighted by Crippen LogP contribution is -2.33. The van der Waals surface area contributed by atoms with Gasteiger partial charge in [0.25, 0.3) is 0 Å². The van der Waals surface area contributed by atoms with Crippen molar-refractivity contribution >= 4 is 29.2 Å². The fraction of sp³-hybridized carbons (Fsp3) is 0.833. The highest BCUT2D eigenvalue weighted by molar-refractivity contribution is 6.31. The van der Waals surface area contributed by atoms with E-state index in [-0.39, 0.29) is 0 Å². The minimum Gasteiger partial charge on any atom is -0.481 e. The summed E-state index contributed by atoms with van der Waals surface area (Å²) in [6.07, 6.45) is -0.562. The number of carbonyl (C=O) groups is 1. The molecule has 0 bridgehead atoms. The molecule has 0 saturated carbocycles. The van der Waals surface area contributed by atoms with Gasteiger partial charge in [0.15, 0.2) is 0 Å². The van der Waals surface area contributed by atoms with Crippen molar-refractivity contribution in [1.29, 1.82) is 0 Å². The Labute approximate surface area is 78.5 Å². The number of carboxylic acids is 1. The van der Waals surface area contributed by atoms with Crippen molar-refractivity contribution in [1.82, 2.24) is 0 Å². The smallest absolute Gasteiger partial charge is 0.303 e. The molecule has 0 heterocycles. The first-order chi connectivity index (χ1) is 5.28. The quantitative estimate of drug-likeness (QED) is 0.740. The molecule has 72 valence electrons. The summed E-state index contributed by atoms with van der Waals surface area (Å²) in [4.78, 5) is 10.1. The standard InChI is InChI=1S/C6H8Cl2F2O2/c1-3(2-4(11)12)6(8,10)5(7)9/h3,5H,2H2,1H3,(H,11,12). The van der Waals surface area contributed by atoms with E-state index in [1.165, 1.54) is 6.92 Å². The molecular weight excluding hydrogens is 213 g/mol. The highest BCUT2D eigenvalue weighted by Crippen LogP contribution is 2.36. The molecule has 0 aromatic rings. The lowest BCUT2D eigenvalue weighted by molar-refractivity contribution is -0.138. The number of carboxylic acid groups (broad SMARTS) is 1. The summed E-state index contributed by atoms with van der Waals surface area (Å²) in [5.41, 5.74) is -2.41. The lowest BCUT2D eigenvalue weighted by atomic mass is 10.0. The number of halogens is 4. The van der Waals surface area contributed by atoms with Gasteiger partial charge in [0.1, 0.15) is 0 Å². The molecule has 0 radical (unpaired) electrons. The Balaban J connectivity index is 4.24. The summed E-state index contributed by atoms with van der Waals surface area (Å²) in [5.74, 6) is -2.42. The lowest BCUT2D eigenvalue weighted by Gasteiger charge is -2.23. The van der Waals surface area contributed by atoms with E-state index >= 15 is 0 Å². The van der Waals surface area contributed by atoms with Gasteiger partial charge in [0, 0.05) is 5.92 Å². The monoisotopic (exact) mass is 220 g/mol. The van der Waals surface area contributed by atoms with Crippen LogP contribution in [0.3, 0.4) is 0 Å². The van der Waals surface area contributed by atoms with Crippen LogP contribution in [0.25, 0.3) is 0 Å². The van der Waals surface area contributed by atoms with Crippen LogP contribution in [0.4, 0.5) is 8.78 Å². The van der Waals surface area contributed by atoms with Crippen molar-refractivity contribution in [2.75, 3.05) is 0 Å². The van der Waals surface area contributed by atoms with E-state index in [0.29, 0.717) is 0 Å². The first-order valence-electron chi connectivity index (χ1n) is 3.16. The largest absolute Gasteiger partial charge is 0.481 e. The van der Waals surface area contributed by atoms with E-state index < -0.39 is 29.1 Å². The SMILES string of the molecule is CC(CC(=O)O)C(F)(Cl)C(F)Cl. The maximum Gasteiger partial charge on any atom is 0.303 e. The van der Waals surface area contributed by atoms with E-state index in [9.17, 15) is 13.6 Å². The van der Waals surface area contributed by atoms with Crippen LogP contribution in [0.1, 0.15) is 13.3 Å². The van der Waals surface area contributed by atoms with E-state index in [4.69, 9.17) is 28.3 Å². The van der Waals surface area contributed by atoms with Gasteiger partial charge in [-0.3, -0.25) is 4.79 Å². The Hall–Kier alpha value is -0.0900. The third-order valence-electron chi connectivity index (χ3n) is 1.43. The van der Waals surface area contributed by atoms with Crippen molar-refractivity contribution in [2.24, 2.45) is 5.92 Å². The summed E-state index contributed by atoms with van der Waals surface area (Å²) in [5, 5.41) is 5.42. The third-order valence-corrected chi connectivity index (χ3v) is 2.42. The zero-order valence-corrected chi connectivity index (χ0v) is 7.74. The molecule has 1 N–H and O–H groups in total. The molecule has 0 aliphatic carbocycles. The van der Waals surface area contributed by atoms with Crippen LogP contribution in [0.5, 0.6) is 0 Å². The van der Waals surface area contributed by atoms with Crippen LogP contribution < -0.4 is 0 Å². The average molecular weight is 221 g/mol. The second-order valence-electron chi connectivity index (χ2n) is 2.47. The predicted octanol–water partition coefficient (Wildman–Crippen LogP) is 2.54. The molecule has 12 heavy (non-hydrogen) atoms. The molecule has 3 atom stereocenters. The molecule has 0 fully saturated rings. The first-order valence-corrected chi connectivity index (χ1v) is 3.97. The third kappa shape index (κ3) is 3.11. The van der Waals surface area contributed by atoms with E-state index in [1.807, 2.05) is 0 Å². The zero-order valence-electron chi connectivity index (χ0n) is 6.23. The molecule has 0 saturated heterocycles. The Bertz CT molecular complexity index is 173. The zero-order chi connectivity index (χ0) is 9.94. The second kappa shape index (κ2) is 4.23. The maximum atomic E-state index is 13.0. The highest BCUT2D eigenvalue weighted by Gasteiger charge is 2.42. The number of alkyl halides is 4. The van der Waals surface area contributed by atoms with Crippen LogP contribution in [0.2, 0.25) is 0 Å². The van der Waals surface area contributed by atoms with Crippen molar-refractivity contribution in [3.8, 4) is 0 Å². The first kappa shape index (κ1) is 11.9. The molecular formula is C6H8Cl2F2O2. The number of rotatable bonds is 4. The molecule has 3 unspecified atom stereocenters. The van der Waals surface area contributed by atoms with Crippen LogP contribution >= 0.6 is 23.2 Å². The number of aliphatic carboxylic acids is 1. The number of hydrogen-bond acceptors (Lipinski definition) is 1. The molecule has 0 rings (SSSR count). The van der Waals surface area contributed by atoms with Crippen LogP contribution in [0, 0.1) is 5.92 Å². The second-order valence-corrected chi connectivity index (χ2v) is 3.44. The van der Waals surface area contributed by atoms with Gasteiger partial charge >= 0.3 is 5.97 Å². The number of hydrogen-bond donors (Lipinski definition) is 1. The van der Waals surface area contributed by atoms with Gasteiger partial charge in [-0.25, -0.2) is 8.78 Å². The fourth-order valence-electron chi connectivity index (χ4n) is 0.613. The van der Waals surface area contributed by atoms with Gasteiger partial charge < -0.3 is 5.11 Å². The van der Waals surface area contributed by atoms with Crippen molar-refractivity contribution in [3.05, 3.63) is 0 Å². The van der Waals surface area contributed by atoms with Crippen molar-refractivity contribution in [2.45, 2.75) is 24.1 Å². The predicted molar refractivity (Wildman–Crippen MR) is 41.9 cm³/mol. The Morgan fingerprint density at radius 2 is 2.17 bits per heavy atom. The molecule has 0 amide bonds. The van der Waals surface area contributed by atoms with E-state index in [1.54, 1.807) is 0 Å². The molecule has 0 aromatic heterocycles. The van der Waals surface area contributed by atoms with Gasteiger partial charge in [0.2, 0.25) is 10.8 Å². The van der Waals surface area contributed by atoms with Gasteiger partial charge in [-0.05, 0) is 0 Å². The Kier molecular flexibility index (Phi) is 4.20. The van der Waals surface area contributed by atoms with Crippen molar-refractivity contribution < 1.29 is 18.7 Å². The average Bonchev–Trinajstić information content (AvgIpc) is 1.85. The minimum absolute atomic E-state index is 0.562. The summed E-state index contributed by atoms with van der Waals surface area (Å²) in [6, 6.07) is 0. The molecule has 0 aliphatic heterocycles. The van der Waals surface area contributed by atoms with Gasteiger partial charge in [0.05, 0.1) is 6.42 Å². The molecule has 0 spiro atoms. The topological polar surface area (TPSA) is 37.3 Å².